The van der Waals surface area contributed by atoms with E-state index >= 15 is 4.79 Å². The van der Waals surface area contributed by atoms with Crippen LogP contribution in [0.5, 0.6) is 0 Å². The van der Waals surface area contributed by atoms with E-state index in [0.717, 1.165) is 12.3 Å². The zero-order valence-electron chi connectivity index (χ0n) is 38.8. The van der Waals surface area contributed by atoms with Gasteiger partial charge in [0, 0.05) is 37.9 Å². The Bertz CT molecular complexity index is 2650. The largest absolute Gasteiger partial charge is 0.481 e. The molecule has 4 aromatic carbocycles. The molecule has 0 fully saturated rings. The highest BCUT2D eigenvalue weighted by molar-refractivity contribution is 7.80. The van der Waals surface area contributed by atoms with Gasteiger partial charge in [0.2, 0.25) is 35.4 Å². The average molecular weight is 1030 g/mol. The highest BCUT2D eigenvalue weighted by Gasteiger charge is 2.40. The molecule has 0 heterocycles. The van der Waals surface area contributed by atoms with Crippen molar-refractivity contribution in [1.82, 2.24) is 31.9 Å². The van der Waals surface area contributed by atoms with E-state index in [1.807, 2.05) is 0 Å². The summed E-state index contributed by atoms with van der Waals surface area (Å²) in [7, 11) is 0. The van der Waals surface area contributed by atoms with Crippen molar-refractivity contribution in [2.24, 2.45) is 5.92 Å². The smallest absolute Gasteiger partial charge is 0.374 e. The second kappa shape index (κ2) is 27.1. The number of carbonyl (C=O) groups is 12. The molecule has 24 heteroatoms. The van der Waals surface area contributed by atoms with Crippen molar-refractivity contribution in [3.8, 4) is 0 Å². The Balaban J connectivity index is 1.85. The maximum atomic E-state index is 15.0. The third kappa shape index (κ3) is 16.7. The highest BCUT2D eigenvalue weighted by atomic mass is 32.1. The summed E-state index contributed by atoms with van der Waals surface area (Å²) in [4.78, 5) is 156. The molecule has 0 aliphatic rings. The van der Waals surface area contributed by atoms with Crippen LogP contribution in [0.4, 0.5) is 0 Å². The molecule has 0 saturated heterocycles. The summed E-state index contributed by atoms with van der Waals surface area (Å²) >= 11 is 4.01. The molecular formula is C49H52N6O17S. The molecule has 6 amide bonds. The Morgan fingerprint density at radius 2 is 1.00 bits per heavy atom. The average Bonchev–Trinajstić information content (AvgIpc) is 3.34. The van der Waals surface area contributed by atoms with Gasteiger partial charge in [0.05, 0.1) is 6.42 Å². The van der Waals surface area contributed by atoms with Gasteiger partial charge in [-0.05, 0) is 33.9 Å². The second-order valence-electron chi connectivity index (χ2n) is 16.5. The van der Waals surface area contributed by atoms with Crippen LogP contribution < -0.4 is 31.9 Å². The molecule has 11 N–H and O–H groups in total. The number of aliphatic carboxylic acids is 5. The molecule has 6 atom stereocenters. The third-order valence-electron chi connectivity index (χ3n) is 11.2. The van der Waals surface area contributed by atoms with Gasteiger partial charge in [-0.3, -0.25) is 52.7 Å². The number of amides is 6. The van der Waals surface area contributed by atoms with E-state index in [0.29, 0.717) is 22.1 Å². The van der Waals surface area contributed by atoms with Crippen molar-refractivity contribution in [2.75, 3.05) is 5.75 Å². The molecule has 0 radical (unpaired) electrons. The number of Topliss-reactive ketones (excluding diaryl/α,β-unsaturated/α-hetero) is 1. The van der Waals surface area contributed by atoms with Crippen molar-refractivity contribution in [3.63, 3.8) is 0 Å². The molecule has 0 aliphatic carbocycles. The van der Waals surface area contributed by atoms with Crippen LogP contribution in [-0.2, 0) is 64.0 Å². The Labute approximate surface area is 420 Å². The van der Waals surface area contributed by atoms with Gasteiger partial charge in [-0.2, -0.15) is 12.6 Å². The Kier molecular flexibility index (Phi) is 21.1. The van der Waals surface area contributed by atoms with E-state index in [2.05, 4.69) is 44.5 Å². The molecule has 0 spiro atoms. The lowest BCUT2D eigenvalue weighted by molar-refractivity contribution is -0.156. The van der Waals surface area contributed by atoms with Crippen LogP contribution in [0, 0.1) is 5.92 Å². The lowest BCUT2D eigenvalue weighted by Gasteiger charge is -2.32. The van der Waals surface area contributed by atoms with E-state index in [4.69, 9.17) is 0 Å². The van der Waals surface area contributed by atoms with Crippen LogP contribution in [0.2, 0.25) is 0 Å². The third-order valence-corrected chi connectivity index (χ3v) is 11.6. The van der Waals surface area contributed by atoms with Crippen LogP contribution in [0.1, 0.15) is 55.2 Å². The number of ketones is 1. The van der Waals surface area contributed by atoms with Crippen LogP contribution in [0.3, 0.4) is 0 Å². The van der Waals surface area contributed by atoms with Crippen LogP contribution in [-0.4, -0.2) is 139 Å². The monoisotopic (exact) mass is 1030 g/mol. The van der Waals surface area contributed by atoms with Crippen molar-refractivity contribution in [2.45, 2.75) is 81.2 Å². The van der Waals surface area contributed by atoms with Gasteiger partial charge in [0.25, 0.3) is 5.78 Å². The number of benzene rings is 4. The quantitative estimate of drug-likeness (QED) is 0.0206. The minimum atomic E-state index is -2.39. The summed E-state index contributed by atoms with van der Waals surface area (Å²) in [5.41, 5.74) is 1.13. The number of thiol groups is 1. The molecule has 386 valence electrons. The number of rotatable bonds is 28. The predicted octanol–water partition coefficient (Wildman–Crippen LogP) is 0.242. The van der Waals surface area contributed by atoms with Gasteiger partial charge in [0.1, 0.15) is 36.3 Å². The SMILES string of the molecule is CC(=O)N[C@@H](CC(=O)O)C(=O)N[C@H](CC(C(=O)O)C(=O)O)C(=O)N[C@H](C(=O)N[C@@H](CCC(=O)O)C(=O)N[C@@H](Cc1cccc2ccccc12)C(=O)N[C@@H](CS)C(=O)C(=O)O)C(c1ccccc1)c1ccccc1. The van der Waals surface area contributed by atoms with E-state index in [1.54, 1.807) is 103 Å². The normalized spacial score (nSPS) is 13.4. The summed E-state index contributed by atoms with van der Waals surface area (Å²) in [6.45, 7) is 0.946. The minimum Gasteiger partial charge on any atom is -0.481 e. The fraction of sp³-hybridized carbons (Fsp3) is 0.306. The van der Waals surface area contributed by atoms with Gasteiger partial charge < -0.3 is 57.4 Å². The molecule has 0 aromatic heterocycles. The first-order valence-corrected chi connectivity index (χ1v) is 22.9. The van der Waals surface area contributed by atoms with Crippen molar-refractivity contribution >= 4 is 94.5 Å². The first-order valence-electron chi connectivity index (χ1n) is 22.2. The number of fused-ring (bicyclic) bond motifs is 1. The maximum Gasteiger partial charge on any atom is 0.374 e. The van der Waals surface area contributed by atoms with Gasteiger partial charge in [-0.15, -0.1) is 0 Å². The molecule has 73 heavy (non-hydrogen) atoms. The van der Waals surface area contributed by atoms with Crippen molar-refractivity contribution in [3.05, 3.63) is 120 Å². The molecule has 4 rings (SSSR count). The molecular weight excluding hydrogens is 977 g/mol. The molecule has 0 aliphatic heterocycles. The zero-order valence-corrected chi connectivity index (χ0v) is 39.7. The van der Waals surface area contributed by atoms with E-state index in [1.165, 1.54) is 0 Å². The topological polar surface area (TPSA) is 378 Å². The van der Waals surface area contributed by atoms with E-state index in [9.17, 15) is 78.3 Å². The van der Waals surface area contributed by atoms with Crippen LogP contribution in [0.15, 0.2) is 103 Å². The summed E-state index contributed by atoms with van der Waals surface area (Å²) < 4.78 is 0. The molecule has 0 unspecified atom stereocenters. The standard InChI is InChI=1S/C49H52N6O17S/c1-25(56)50-35(23-38(59)60)44(64)53-34(22-31(47(67)68)48(69)70)45(65)55-40(39(27-12-4-2-5-13-27)28-14-6-3-7-15-28)46(66)51-32(19-20-37(57)58)42(62)52-33(43(63)54-36(24-73)41(61)49(71)72)21-29-17-10-16-26-11-8-9-18-30(26)29/h2-18,31-36,39-40,73H,19-24H2,1H3,(H,50,56)(H,51,66)(H,52,62)(H,53,64)(H,54,63)(H,55,65)(H,57,58)(H,59,60)(H,67,68)(H,69,70)(H,71,72)/t32-,33-,34+,35-,36-,40-/m0/s1. The molecule has 0 saturated carbocycles. The summed E-state index contributed by atoms with van der Waals surface area (Å²) in [5.74, 6) is -21.5. The maximum absolute atomic E-state index is 15.0. The van der Waals surface area contributed by atoms with Gasteiger partial charge in [-0.25, -0.2) is 4.79 Å². The number of carbonyl (C=O) groups excluding carboxylic acids is 7. The molecule has 23 nitrogen and oxygen atoms in total. The fourth-order valence-electron chi connectivity index (χ4n) is 7.71. The fourth-order valence-corrected chi connectivity index (χ4v) is 7.97. The molecule has 0 bridgehead atoms. The Hall–Kier alpha value is -8.67. The van der Waals surface area contributed by atoms with Crippen molar-refractivity contribution < 1.29 is 83.1 Å². The van der Waals surface area contributed by atoms with Gasteiger partial charge >= 0.3 is 29.8 Å². The minimum absolute atomic E-state index is 0.308. The number of hydrogen-bond donors (Lipinski definition) is 12. The number of nitrogens with one attached hydrogen (secondary N) is 6. The van der Waals surface area contributed by atoms with E-state index in [-0.39, 0.29) is 6.42 Å². The van der Waals surface area contributed by atoms with Gasteiger partial charge in [-0.1, -0.05) is 103 Å². The highest BCUT2D eigenvalue weighted by Crippen LogP contribution is 2.29. The Morgan fingerprint density at radius 1 is 0.507 bits per heavy atom. The van der Waals surface area contributed by atoms with E-state index < -0.39 is 151 Å². The summed E-state index contributed by atoms with van der Waals surface area (Å²) in [6, 6.07) is 16.6. The zero-order chi connectivity index (χ0) is 53.9. The first-order chi connectivity index (χ1) is 34.6. The Morgan fingerprint density at radius 3 is 1.53 bits per heavy atom. The van der Waals surface area contributed by atoms with Crippen LogP contribution in [0.25, 0.3) is 10.8 Å². The van der Waals surface area contributed by atoms with Gasteiger partial charge in [0.15, 0.2) is 5.92 Å². The summed E-state index contributed by atoms with van der Waals surface area (Å²) in [6.07, 6.45) is -4.00. The lowest BCUT2D eigenvalue weighted by Crippen LogP contribution is -2.61. The second-order valence-corrected chi connectivity index (χ2v) is 16.8. The molecule has 4 aromatic rings. The first kappa shape index (κ1) is 56.9. The van der Waals surface area contributed by atoms with Crippen LogP contribution >= 0.6 is 12.6 Å². The summed E-state index contributed by atoms with van der Waals surface area (Å²) in [5, 5.41) is 63.4. The lowest BCUT2D eigenvalue weighted by atomic mass is 9.84. The number of hydrogen-bond acceptors (Lipinski definition) is 13. The number of carboxylic acid groups (broad SMARTS) is 5. The predicted molar refractivity (Wildman–Crippen MR) is 259 cm³/mol. The number of carboxylic acids is 5. The van der Waals surface area contributed by atoms with Crippen molar-refractivity contribution in [1.29, 1.82) is 0 Å².